The van der Waals surface area contributed by atoms with E-state index in [0.717, 1.165) is 32.7 Å². The Labute approximate surface area is 83.8 Å². The summed E-state index contributed by atoms with van der Waals surface area (Å²) in [5.41, 5.74) is 0. The Hall–Kier alpha value is 0.137. The van der Waals surface area contributed by atoms with Crippen LogP contribution < -0.4 is 0 Å². The molecule has 0 saturated carbocycles. The Balaban J connectivity index is 3.29. The van der Waals surface area contributed by atoms with E-state index in [1.54, 1.807) is 0 Å². The fourth-order valence-electron chi connectivity index (χ4n) is 1.31. The molecule has 0 aliphatic heterocycles. The smallest absolute Gasteiger partial charge is 0.186 e. The molecule has 2 nitrogen and oxygen atoms in total. The normalized spacial score (nSPS) is 12.0. The highest BCUT2D eigenvalue weighted by molar-refractivity contribution is 6.71. The van der Waals surface area contributed by atoms with E-state index in [0.29, 0.717) is 0 Å². The average molecular weight is 204 g/mol. The summed E-state index contributed by atoms with van der Waals surface area (Å²) in [5.74, 6) is 0. The zero-order valence-corrected chi connectivity index (χ0v) is 10.6. The quantitative estimate of drug-likeness (QED) is 0.447. The van der Waals surface area contributed by atoms with E-state index < -0.39 is 8.32 Å². The predicted octanol–water partition coefficient (Wildman–Crippen LogP) is 3.04. The molecule has 0 radical (unpaired) electrons. The van der Waals surface area contributed by atoms with Gasteiger partial charge in [0.25, 0.3) is 0 Å². The molecule has 0 aromatic carbocycles. The van der Waals surface area contributed by atoms with Gasteiger partial charge >= 0.3 is 0 Å². The first-order chi connectivity index (χ1) is 6.12. The Morgan fingerprint density at radius 1 is 1.08 bits per heavy atom. The van der Waals surface area contributed by atoms with Crippen LogP contribution in [0.5, 0.6) is 0 Å². The summed E-state index contributed by atoms with van der Waals surface area (Å²) in [6.07, 6.45) is 2.27. The van der Waals surface area contributed by atoms with Crippen molar-refractivity contribution in [1.29, 1.82) is 0 Å². The van der Waals surface area contributed by atoms with Crippen LogP contribution in [-0.2, 0) is 9.16 Å². The lowest BCUT2D eigenvalue weighted by Gasteiger charge is -2.21. The van der Waals surface area contributed by atoms with Crippen LogP contribution in [0.4, 0.5) is 0 Å². The minimum atomic E-state index is -1.34. The predicted molar refractivity (Wildman–Crippen MR) is 59.6 cm³/mol. The highest BCUT2D eigenvalue weighted by Crippen LogP contribution is 2.13. The maximum Gasteiger partial charge on any atom is 0.186 e. The van der Waals surface area contributed by atoms with Gasteiger partial charge in [0, 0.05) is 19.8 Å². The van der Waals surface area contributed by atoms with Crippen LogP contribution in [0.2, 0.25) is 19.1 Å². The molecule has 0 atom stereocenters. The molecule has 0 unspecified atom stereocenters. The molecule has 0 spiro atoms. The van der Waals surface area contributed by atoms with Gasteiger partial charge in [0.2, 0.25) is 0 Å². The van der Waals surface area contributed by atoms with Gasteiger partial charge in [-0.3, -0.25) is 0 Å². The van der Waals surface area contributed by atoms with Crippen LogP contribution in [0.25, 0.3) is 0 Å². The third-order valence-electron chi connectivity index (χ3n) is 1.95. The molecule has 0 saturated heterocycles. The molecule has 0 aliphatic rings. The van der Waals surface area contributed by atoms with Gasteiger partial charge < -0.3 is 9.16 Å². The van der Waals surface area contributed by atoms with E-state index in [4.69, 9.17) is 9.16 Å². The molecular weight excluding hydrogens is 180 g/mol. The number of hydrogen-bond acceptors (Lipinski definition) is 2. The molecule has 0 aliphatic carbocycles. The summed E-state index contributed by atoms with van der Waals surface area (Å²) in [5, 5.41) is 0. The van der Waals surface area contributed by atoms with Gasteiger partial charge in [-0.2, -0.15) is 0 Å². The van der Waals surface area contributed by atoms with E-state index in [9.17, 15) is 0 Å². The van der Waals surface area contributed by atoms with Crippen LogP contribution in [-0.4, -0.2) is 28.1 Å². The second-order valence-corrected chi connectivity index (χ2v) is 8.22. The van der Waals surface area contributed by atoms with Crippen molar-refractivity contribution in [3.05, 3.63) is 0 Å². The summed E-state index contributed by atoms with van der Waals surface area (Å²) in [4.78, 5) is 0. The maximum atomic E-state index is 5.72. The molecule has 0 amide bonds. The Kier molecular flexibility index (Phi) is 7.61. The largest absolute Gasteiger partial charge is 0.418 e. The van der Waals surface area contributed by atoms with Gasteiger partial charge in [0.05, 0.1) is 0 Å². The molecule has 0 heterocycles. The molecule has 0 fully saturated rings. The zero-order chi connectivity index (χ0) is 10.2. The van der Waals surface area contributed by atoms with Crippen molar-refractivity contribution in [3.63, 3.8) is 0 Å². The van der Waals surface area contributed by atoms with Crippen molar-refractivity contribution >= 4 is 8.32 Å². The summed E-state index contributed by atoms with van der Waals surface area (Å²) in [7, 11) is -1.34. The van der Waals surface area contributed by atoms with Crippen LogP contribution in [0.3, 0.4) is 0 Å². The number of ether oxygens (including phenoxy) is 1. The first-order valence-corrected chi connectivity index (χ1v) is 8.45. The topological polar surface area (TPSA) is 18.5 Å². The lowest BCUT2D eigenvalue weighted by atomic mass is 10.5. The van der Waals surface area contributed by atoms with Gasteiger partial charge in [0.15, 0.2) is 8.32 Å². The van der Waals surface area contributed by atoms with Crippen molar-refractivity contribution in [2.24, 2.45) is 0 Å². The molecule has 0 aromatic rings. The lowest BCUT2D eigenvalue weighted by molar-refractivity contribution is 0.134. The van der Waals surface area contributed by atoms with Gasteiger partial charge in [-0.05, 0) is 38.9 Å². The highest BCUT2D eigenvalue weighted by Gasteiger charge is 2.20. The third-order valence-corrected chi connectivity index (χ3v) is 4.58. The van der Waals surface area contributed by atoms with Crippen molar-refractivity contribution in [3.8, 4) is 0 Å². The summed E-state index contributed by atoms with van der Waals surface area (Å²) in [6.45, 7) is 11.4. The average Bonchev–Trinajstić information content (AvgIpc) is 2.04. The molecule has 3 heteroatoms. The maximum absolute atomic E-state index is 5.72. The molecule has 13 heavy (non-hydrogen) atoms. The standard InChI is InChI=1S/C10H24O2Si/c1-5-8-11-9-7-10-13(3,4)12-6-2/h5-10H2,1-4H3. The highest BCUT2D eigenvalue weighted by atomic mass is 28.4. The fraction of sp³-hybridized carbons (Fsp3) is 1.00. The minimum absolute atomic E-state index is 0.856. The molecule has 0 N–H and O–H groups in total. The van der Waals surface area contributed by atoms with Crippen molar-refractivity contribution in [2.45, 2.75) is 45.8 Å². The van der Waals surface area contributed by atoms with Crippen molar-refractivity contribution in [2.75, 3.05) is 19.8 Å². The molecule has 80 valence electrons. The minimum Gasteiger partial charge on any atom is -0.418 e. The van der Waals surface area contributed by atoms with Gasteiger partial charge in [-0.25, -0.2) is 0 Å². The van der Waals surface area contributed by atoms with E-state index >= 15 is 0 Å². The Morgan fingerprint density at radius 3 is 2.31 bits per heavy atom. The van der Waals surface area contributed by atoms with Gasteiger partial charge in [0.1, 0.15) is 0 Å². The first-order valence-electron chi connectivity index (χ1n) is 5.34. The molecular formula is C10H24O2Si. The summed E-state index contributed by atoms with van der Waals surface area (Å²) in [6, 6.07) is 1.21. The summed E-state index contributed by atoms with van der Waals surface area (Å²) >= 11 is 0. The molecule has 0 bridgehead atoms. The van der Waals surface area contributed by atoms with E-state index in [2.05, 4.69) is 26.9 Å². The van der Waals surface area contributed by atoms with Crippen molar-refractivity contribution in [1.82, 2.24) is 0 Å². The van der Waals surface area contributed by atoms with Crippen molar-refractivity contribution < 1.29 is 9.16 Å². The van der Waals surface area contributed by atoms with E-state index in [-0.39, 0.29) is 0 Å². The second kappa shape index (κ2) is 7.53. The summed E-state index contributed by atoms with van der Waals surface area (Å²) < 4.78 is 11.1. The monoisotopic (exact) mass is 204 g/mol. The lowest BCUT2D eigenvalue weighted by Crippen LogP contribution is -2.30. The SMILES string of the molecule is CCCOCCC[Si](C)(C)OCC. The molecule has 0 rings (SSSR count). The van der Waals surface area contributed by atoms with Crippen LogP contribution in [0.1, 0.15) is 26.7 Å². The van der Waals surface area contributed by atoms with Gasteiger partial charge in [-0.1, -0.05) is 6.92 Å². The zero-order valence-electron chi connectivity index (χ0n) is 9.56. The Morgan fingerprint density at radius 2 is 1.77 bits per heavy atom. The van der Waals surface area contributed by atoms with Crippen LogP contribution >= 0.6 is 0 Å². The van der Waals surface area contributed by atoms with Crippen LogP contribution in [0, 0.1) is 0 Å². The molecule has 0 aromatic heterocycles. The number of rotatable bonds is 8. The fourth-order valence-corrected chi connectivity index (χ4v) is 3.23. The van der Waals surface area contributed by atoms with Crippen LogP contribution in [0.15, 0.2) is 0 Å². The van der Waals surface area contributed by atoms with E-state index in [1.165, 1.54) is 6.04 Å². The Bertz CT molecular complexity index is 115. The van der Waals surface area contributed by atoms with E-state index in [1.807, 2.05) is 0 Å². The first kappa shape index (κ1) is 13.1. The third kappa shape index (κ3) is 8.47. The number of hydrogen-bond donors (Lipinski definition) is 0. The second-order valence-electron chi connectivity index (χ2n) is 3.91. The van der Waals surface area contributed by atoms with Gasteiger partial charge in [-0.15, -0.1) is 0 Å².